The normalized spacial score (nSPS) is 21.5. The van der Waals surface area contributed by atoms with Crippen LogP contribution in [-0.4, -0.2) is 54.8 Å². The Balaban J connectivity index is 1.99. The van der Waals surface area contributed by atoms with Crippen LogP contribution in [0.3, 0.4) is 0 Å². The summed E-state index contributed by atoms with van der Waals surface area (Å²) < 4.78 is 4.87. The van der Waals surface area contributed by atoms with Crippen LogP contribution in [0.4, 0.5) is 10.5 Å². The number of carbonyl (C=O) groups is 1. The molecule has 2 aliphatic heterocycles. The smallest absolute Gasteiger partial charge is 0.414 e. The lowest BCUT2D eigenvalue weighted by atomic mass is 9.77. The summed E-state index contributed by atoms with van der Waals surface area (Å²) in [5, 5.41) is 0. The summed E-state index contributed by atoms with van der Waals surface area (Å²) in [5.74, 6) is 0. The van der Waals surface area contributed by atoms with E-state index >= 15 is 0 Å². The first-order chi connectivity index (χ1) is 9.16. The number of piperidine rings is 1. The van der Waals surface area contributed by atoms with E-state index in [1.807, 2.05) is 0 Å². The van der Waals surface area contributed by atoms with Gasteiger partial charge in [-0.05, 0) is 33.0 Å². The van der Waals surface area contributed by atoms with Crippen molar-refractivity contribution in [2.24, 2.45) is 0 Å². The van der Waals surface area contributed by atoms with E-state index in [4.69, 9.17) is 4.74 Å². The van der Waals surface area contributed by atoms with Crippen LogP contribution in [0.2, 0.25) is 0 Å². The van der Waals surface area contributed by atoms with E-state index in [9.17, 15) is 4.79 Å². The van der Waals surface area contributed by atoms with Crippen LogP contribution in [0.15, 0.2) is 12.5 Å². The number of carbonyl (C=O) groups excluding carboxylic acids is 1. The third kappa shape index (κ3) is 1.87. The molecule has 1 fully saturated rings. The molecule has 0 aromatic carbocycles. The second-order valence-electron chi connectivity index (χ2n) is 5.40. The highest BCUT2D eigenvalue weighted by molar-refractivity contribution is 5.90. The van der Waals surface area contributed by atoms with E-state index in [-0.39, 0.29) is 11.5 Å². The van der Waals surface area contributed by atoms with Crippen LogP contribution in [0, 0.1) is 0 Å². The summed E-state index contributed by atoms with van der Waals surface area (Å²) in [5.41, 5.74) is 1.78. The molecule has 1 spiro atoms. The van der Waals surface area contributed by atoms with Gasteiger partial charge in [0, 0.05) is 12.0 Å². The largest absolute Gasteiger partial charge is 0.452 e. The average molecular weight is 262 g/mol. The van der Waals surface area contributed by atoms with E-state index in [0.29, 0.717) is 6.54 Å². The molecule has 1 saturated heterocycles. The second-order valence-corrected chi connectivity index (χ2v) is 5.40. The van der Waals surface area contributed by atoms with Crippen molar-refractivity contribution in [3.05, 3.63) is 18.2 Å². The van der Waals surface area contributed by atoms with Crippen molar-refractivity contribution in [1.82, 2.24) is 14.9 Å². The lowest BCUT2D eigenvalue weighted by Gasteiger charge is -2.37. The summed E-state index contributed by atoms with van der Waals surface area (Å²) in [6.07, 6.45) is 4.99. The molecular weight excluding hydrogens is 244 g/mol. The molecule has 2 aliphatic rings. The first-order valence-corrected chi connectivity index (χ1v) is 6.51. The molecule has 3 rings (SSSR count). The highest BCUT2D eigenvalue weighted by Gasteiger charge is 2.47. The fourth-order valence-corrected chi connectivity index (χ4v) is 3.11. The number of amides is 1. The quantitative estimate of drug-likeness (QED) is 0.699. The van der Waals surface area contributed by atoms with Gasteiger partial charge in [-0.25, -0.2) is 14.8 Å². The minimum atomic E-state index is -0.327. The molecule has 6 heteroatoms. The molecule has 102 valence electrons. The Labute approximate surface area is 112 Å². The molecule has 0 radical (unpaired) electrons. The predicted octanol–water partition coefficient (Wildman–Crippen LogP) is 1.03. The van der Waals surface area contributed by atoms with Crippen molar-refractivity contribution in [2.75, 3.05) is 38.7 Å². The number of fused-ring (bicyclic) bond motifs is 2. The van der Waals surface area contributed by atoms with E-state index in [0.717, 1.165) is 37.3 Å². The van der Waals surface area contributed by atoms with Crippen molar-refractivity contribution in [3.8, 4) is 0 Å². The monoisotopic (exact) mass is 262 g/mol. The van der Waals surface area contributed by atoms with Crippen LogP contribution in [-0.2, 0) is 10.2 Å². The van der Waals surface area contributed by atoms with Gasteiger partial charge in [-0.1, -0.05) is 0 Å². The lowest BCUT2D eigenvalue weighted by Crippen LogP contribution is -2.45. The maximum absolute atomic E-state index is 11.9. The Morgan fingerprint density at radius 2 is 2.16 bits per heavy atom. The van der Waals surface area contributed by atoms with Gasteiger partial charge in [-0.15, -0.1) is 0 Å². The van der Waals surface area contributed by atoms with E-state index in [1.54, 1.807) is 17.4 Å². The zero-order valence-corrected chi connectivity index (χ0v) is 11.3. The van der Waals surface area contributed by atoms with Crippen molar-refractivity contribution < 1.29 is 9.53 Å². The van der Waals surface area contributed by atoms with Gasteiger partial charge in [-0.3, -0.25) is 4.90 Å². The highest BCUT2D eigenvalue weighted by Crippen LogP contribution is 2.45. The molecule has 0 bridgehead atoms. The number of rotatable bonds is 0. The maximum atomic E-state index is 11.9. The fourth-order valence-electron chi connectivity index (χ4n) is 3.11. The Morgan fingerprint density at radius 3 is 2.84 bits per heavy atom. The van der Waals surface area contributed by atoms with Gasteiger partial charge in [0.25, 0.3) is 0 Å². The van der Waals surface area contributed by atoms with Gasteiger partial charge in [0.15, 0.2) is 0 Å². The number of likely N-dealkylation sites (tertiary alicyclic amines) is 1. The first-order valence-electron chi connectivity index (χ1n) is 6.51. The molecule has 0 atom stereocenters. The van der Waals surface area contributed by atoms with Crippen molar-refractivity contribution in [1.29, 1.82) is 0 Å². The van der Waals surface area contributed by atoms with Crippen molar-refractivity contribution in [3.63, 3.8) is 0 Å². The molecule has 0 aliphatic carbocycles. The number of methoxy groups -OCH3 is 1. The standard InChI is InChI=1S/C13H18N4O2/c1-16-5-3-13(4-6-16)8-17(12(18)19-2)10-7-14-9-15-11(10)13/h7,9H,3-6,8H2,1-2H3. The van der Waals surface area contributed by atoms with Crippen LogP contribution in [0.25, 0.3) is 0 Å². The minimum Gasteiger partial charge on any atom is -0.452 e. The minimum absolute atomic E-state index is 0.0288. The number of ether oxygens (including phenoxy) is 1. The van der Waals surface area contributed by atoms with Gasteiger partial charge in [0.2, 0.25) is 0 Å². The summed E-state index contributed by atoms with van der Waals surface area (Å²) in [6.45, 7) is 2.71. The molecule has 6 nitrogen and oxygen atoms in total. The van der Waals surface area contributed by atoms with E-state index in [2.05, 4.69) is 21.9 Å². The fraction of sp³-hybridized carbons (Fsp3) is 0.615. The second kappa shape index (κ2) is 4.45. The van der Waals surface area contributed by atoms with Gasteiger partial charge in [0.05, 0.1) is 24.7 Å². The zero-order valence-electron chi connectivity index (χ0n) is 11.3. The molecule has 0 N–H and O–H groups in total. The number of anilines is 1. The zero-order chi connectivity index (χ0) is 13.5. The molecule has 3 heterocycles. The molecular formula is C13H18N4O2. The highest BCUT2D eigenvalue weighted by atomic mass is 16.5. The third-order valence-corrected chi connectivity index (χ3v) is 4.29. The van der Waals surface area contributed by atoms with E-state index < -0.39 is 0 Å². The lowest BCUT2D eigenvalue weighted by molar-refractivity contribution is 0.170. The number of hydrogen-bond donors (Lipinski definition) is 0. The molecule has 19 heavy (non-hydrogen) atoms. The Bertz CT molecular complexity index is 497. The van der Waals surface area contributed by atoms with Gasteiger partial charge < -0.3 is 9.64 Å². The van der Waals surface area contributed by atoms with Crippen LogP contribution in [0.5, 0.6) is 0 Å². The maximum Gasteiger partial charge on any atom is 0.414 e. The van der Waals surface area contributed by atoms with Gasteiger partial charge >= 0.3 is 6.09 Å². The Hall–Kier alpha value is -1.69. The van der Waals surface area contributed by atoms with Gasteiger partial charge in [0.1, 0.15) is 6.33 Å². The predicted molar refractivity (Wildman–Crippen MR) is 70.2 cm³/mol. The average Bonchev–Trinajstić information content (AvgIpc) is 2.77. The van der Waals surface area contributed by atoms with Crippen LogP contribution in [0.1, 0.15) is 18.5 Å². The third-order valence-electron chi connectivity index (χ3n) is 4.29. The summed E-state index contributed by atoms with van der Waals surface area (Å²) in [6, 6.07) is 0. The van der Waals surface area contributed by atoms with Crippen LogP contribution >= 0.6 is 0 Å². The summed E-state index contributed by atoms with van der Waals surface area (Å²) in [7, 11) is 3.53. The number of aromatic nitrogens is 2. The first kappa shape index (κ1) is 12.3. The molecule has 1 aromatic rings. The molecule has 0 saturated carbocycles. The SMILES string of the molecule is COC(=O)N1CC2(CCN(C)CC2)c2ncncc21. The van der Waals surface area contributed by atoms with E-state index in [1.165, 1.54) is 7.11 Å². The molecule has 0 unspecified atom stereocenters. The molecule has 1 aromatic heterocycles. The molecule has 1 amide bonds. The Kier molecular flexibility index (Phi) is 2.89. The van der Waals surface area contributed by atoms with Crippen molar-refractivity contribution in [2.45, 2.75) is 18.3 Å². The summed E-state index contributed by atoms with van der Waals surface area (Å²) in [4.78, 5) is 24.4. The Morgan fingerprint density at radius 1 is 1.42 bits per heavy atom. The van der Waals surface area contributed by atoms with Crippen LogP contribution < -0.4 is 4.90 Å². The number of hydrogen-bond acceptors (Lipinski definition) is 5. The van der Waals surface area contributed by atoms with Crippen molar-refractivity contribution >= 4 is 11.8 Å². The number of nitrogens with zero attached hydrogens (tertiary/aromatic N) is 4. The summed E-state index contributed by atoms with van der Waals surface area (Å²) >= 11 is 0. The topological polar surface area (TPSA) is 58.6 Å². The van der Waals surface area contributed by atoms with Gasteiger partial charge in [-0.2, -0.15) is 0 Å².